The average molecular weight is 449 g/mol. The van der Waals surface area contributed by atoms with Crippen molar-refractivity contribution in [2.45, 2.75) is 26.9 Å². The summed E-state index contributed by atoms with van der Waals surface area (Å²) in [6.45, 7) is 4.89. The van der Waals surface area contributed by atoms with E-state index in [-0.39, 0.29) is 28.6 Å². The number of hydrogen-bond acceptors (Lipinski definition) is 6. The number of ether oxygens (including phenoxy) is 3. The summed E-state index contributed by atoms with van der Waals surface area (Å²) in [4.78, 5) is 36.8. The number of halogens is 1. The first-order valence-corrected chi connectivity index (χ1v) is 9.82. The van der Waals surface area contributed by atoms with Gasteiger partial charge >= 0.3 is 5.97 Å². The molecule has 9 heteroatoms. The first-order valence-electron chi connectivity index (χ1n) is 9.44. The lowest BCUT2D eigenvalue weighted by atomic mass is 10.1. The van der Waals surface area contributed by atoms with Gasteiger partial charge in [0, 0.05) is 5.69 Å². The molecule has 0 spiro atoms. The maximum Gasteiger partial charge on any atom is 0.339 e. The minimum atomic E-state index is -1.13. The summed E-state index contributed by atoms with van der Waals surface area (Å²) in [5, 5.41) is 5.38. The maximum absolute atomic E-state index is 12.4. The van der Waals surface area contributed by atoms with Crippen LogP contribution < -0.4 is 20.1 Å². The first kappa shape index (κ1) is 24.0. The van der Waals surface area contributed by atoms with Gasteiger partial charge in [-0.05, 0) is 44.0 Å². The van der Waals surface area contributed by atoms with E-state index in [1.165, 1.54) is 33.3 Å². The van der Waals surface area contributed by atoms with Crippen molar-refractivity contribution < 1.29 is 28.6 Å². The van der Waals surface area contributed by atoms with Crippen LogP contribution in [0.3, 0.4) is 0 Å². The molecule has 0 saturated heterocycles. The highest BCUT2D eigenvalue weighted by Crippen LogP contribution is 2.36. The molecule has 0 heterocycles. The summed E-state index contributed by atoms with van der Waals surface area (Å²) in [6.07, 6.45) is -1.13. The Morgan fingerprint density at radius 1 is 1.06 bits per heavy atom. The second-order valence-corrected chi connectivity index (χ2v) is 7.18. The van der Waals surface area contributed by atoms with E-state index in [4.69, 9.17) is 25.8 Å². The molecular formula is C22H25ClN2O6. The monoisotopic (exact) mass is 448 g/mol. The molecule has 0 saturated carbocycles. The van der Waals surface area contributed by atoms with Crippen LogP contribution in [0.15, 0.2) is 30.3 Å². The largest absolute Gasteiger partial charge is 0.493 e. The molecule has 31 heavy (non-hydrogen) atoms. The van der Waals surface area contributed by atoms with E-state index in [1.807, 2.05) is 32.0 Å². The molecule has 2 aromatic rings. The number of amides is 2. The normalized spacial score (nSPS) is 11.3. The molecule has 2 N–H and O–H groups in total. The third-order valence-corrected chi connectivity index (χ3v) is 4.77. The lowest BCUT2D eigenvalue weighted by Crippen LogP contribution is -2.40. The van der Waals surface area contributed by atoms with Gasteiger partial charge < -0.3 is 24.8 Å². The highest BCUT2D eigenvalue weighted by molar-refractivity contribution is 6.32. The second kappa shape index (κ2) is 10.7. The fourth-order valence-electron chi connectivity index (χ4n) is 2.82. The van der Waals surface area contributed by atoms with E-state index < -0.39 is 23.9 Å². The summed E-state index contributed by atoms with van der Waals surface area (Å²) in [5.74, 6) is -1.25. The van der Waals surface area contributed by atoms with Gasteiger partial charge in [-0.2, -0.15) is 0 Å². The SMILES string of the molecule is COc1cc(C(=O)OC(C)C(=O)NCC(=O)Nc2c(C)cccc2C)cc(Cl)c1OC. The van der Waals surface area contributed by atoms with Gasteiger partial charge in [0.15, 0.2) is 17.6 Å². The van der Waals surface area contributed by atoms with E-state index >= 15 is 0 Å². The smallest absolute Gasteiger partial charge is 0.339 e. The number of carbonyl (C=O) groups is 3. The van der Waals surface area contributed by atoms with Crippen LogP contribution in [0.2, 0.25) is 5.02 Å². The van der Waals surface area contributed by atoms with Gasteiger partial charge in [0.1, 0.15) is 0 Å². The predicted octanol–water partition coefficient (Wildman–Crippen LogP) is 3.27. The molecule has 166 valence electrons. The summed E-state index contributed by atoms with van der Waals surface area (Å²) in [7, 11) is 2.83. The van der Waals surface area contributed by atoms with Crippen LogP contribution in [0.1, 0.15) is 28.4 Å². The van der Waals surface area contributed by atoms with Crippen LogP contribution in [-0.4, -0.2) is 44.7 Å². The Balaban J connectivity index is 1.94. The van der Waals surface area contributed by atoms with Crippen molar-refractivity contribution in [1.29, 1.82) is 0 Å². The van der Waals surface area contributed by atoms with Crippen molar-refractivity contribution in [3.8, 4) is 11.5 Å². The number of para-hydroxylation sites is 1. The minimum absolute atomic E-state index is 0.0927. The Morgan fingerprint density at radius 2 is 1.71 bits per heavy atom. The van der Waals surface area contributed by atoms with Gasteiger partial charge in [0.2, 0.25) is 5.91 Å². The highest BCUT2D eigenvalue weighted by Gasteiger charge is 2.22. The number of esters is 1. The number of anilines is 1. The fourth-order valence-corrected chi connectivity index (χ4v) is 3.11. The number of carbonyl (C=O) groups excluding carboxylic acids is 3. The van der Waals surface area contributed by atoms with E-state index in [0.29, 0.717) is 5.69 Å². The van der Waals surface area contributed by atoms with Gasteiger partial charge in [0.05, 0.1) is 31.4 Å². The molecule has 1 atom stereocenters. The van der Waals surface area contributed by atoms with Gasteiger partial charge in [-0.1, -0.05) is 29.8 Å². The highest BCUT2D eigenvalue weighted by atomic mass is 35.5. The van der Waals surface area contributed by atoms with Crippen molar-refractivity contribution in [1.82, 2.24) is 5.32 Å². The molecule has 1 unspecified atom stereocenters. The van der Waals surface area contributed by atoms with Crippen molar-refractivity contribution in [3.05, 3.63) is 52.0 Å². The Bertz CT molecular complexity index is 972. The Labute approximate surface area is 185 Å². The topological polar surface area (TPSA) is 103 Å². The zero-order valence-corrected chi connectivity index (χ0v) is 18.8. The standard InChI is InChI=1S/C22H25ClN2O6/c1-12-7-6-8-13(2)19(12)25-18(26)11-24-21(27)14(3)31-22(28)15-9-16(23)20(30-5)17(10-15)29-4/h6-10,14H,11H2,1-5H3,(H,24,27)(H,25,26). The Kier molecular flexibility index (Phi) is 8.27. The predicted molar refractivity (Wildman–Crippen MR) is 117 cm³/mol. The van der Waals surface area contributed by atoms with Crippen molar-refractivity contribution in [2.24, 2.45) is 0 Å². The molecule has 0 fully saturated rings. The summed E-state index contributed by atoms with van der Waals surface area (Å²) in [5.41, 5.74) is 2.62. The Morgan fingerprint density at radius 3 is 2.29 bits per heavy atom. The summed E-state index contributed by atoms with van der Waals surface area (Å²) < 4.78 is 15.4. The first-order chi connectivity index (χ1) is 14.7. The molecule has 8 nitrogen and oxygen atoms in total. The van der Waals surface area contributed by atoms with Crippen molar-refractivity contribution >= 4 is 35.1 Å². The van der Waals surface area contributed by atoms with Crippen molar-refractivity contribution in [3.63, 3.8) is 0 Å². The number of benzene rings is 2. The quantitative estimate of drug-likeness (QED) is 0.601. The maximum atomic E-state index is 12.4. The van der Waals surface area contributed by atoms with Gasteiger partial charge in [-0.15, -0.1) is 0 Å². The molecule has 0 aliphatic carbocycles. The van der Waals surface area contributed by atoms with E-state index in [1.54, 1.807) is 0 Å². The van der Waals surface area contributed by atoms with Gasteiger partial charge in [-0.25, -0.2) is 4.79 Å². The van der Waals surface area contributed by atoms with Gasteiger partial charge in [0.25, 0.3) is 5.91 Å². The van der Waals surface area contributed by atoms with Crippen LogP contribution in [0, 0.1) is 13.8 Å². The molecule has 0 radical (unpaired) electrons. The molecule has 2 amide bonds. The summed E-state index contributed by atoms with van der Waals surface area (Å²) >= 11 is 6.09. The van der Waals surface area contributed by atoms with Crippen molar-refractivity contribution in [2.75, 3.05) is 26.1 Å². The number of hydrogen-bond donors (Lipinski definition) is 2. The van der Waals surface area contributed by atoms with Crippen LogP contribution in [0.5, 0.6) is 11.5 Å². The molecule has 0 aliphatic heterocycles. The molecule has 0 aromatic heterocycles. The second-order valence-electron chi connectivity index (χ2n) is 6.77. The Hall–Kier alpha value is -3.26. The van der Waals surface area contributed by atoms with E-state index in [9.17, 15) is 14.4 Å². The molecular weight excluding hydrogens is 424 g/mol. The van der Waals surface area contributed by atoms with Crippen LogP contribution in [0.25, 0.3) is 0 Å². The average Bonchev–Trinajstić information content (AvgIpc) is 2.73. The molecule has 0 bridgehead atoms. The number of methoxy groups -OCH3 is 2. The number of aryl methyl sites for hydroxylation is 2. The lowest BCUT2D eigenvalue weighted by molar-refractivity contribution is -0.130. The zero-order valence-electron chi connectivity index (χ0n) is 18.0. The summed E-state index contributed by atoms with van der Waals surface area (Å²) in [6, 6.07) is 8.40. The number of nitrogens with one attached hydrogen (secondary N) is 2. The third kappa shape index (κ3) is 6.11. The molecule has 0 aliphatic rings. The molecule has 2 aromatic carbocycles. The van der Waals surface area contributed by atoms with Crippen LogP contribution in [0.4, 0.5) is 5.69 Å². The van der Waals surface area contributed by atoms with E-state index in [2.05, 4.69) is 10.6 Å². The molecule has 2 rings (SSSR count). The van der Waals surface area contributed by atoms with Gasteiger partial charge in [-0.3, -0.25) is 9.59 Å². The minimum Gasteiger partial charge on any atom is -0.493 e. The third-order valence-electron chi connectivity index (χ3n) is 4.49. The zero-order chi connectivity index (χ0) is 23.1. The van der Waals surface area contributed by atoms with Crippen LogP contribution >= 0.6 is 11.6 Å². The lowest BCUT2D eigenvalue weighted by Gasteiger charge is -2.16. The van der Waals surface area contributed by atoms with Crippen LogP contribution in [-0.2, 0) is 14.3 Å². The fraction of sp³-hybridized carbons (Fsp3) is 0.318. The van der Waals surface area contributed by atoms with E-state index in [0.717, 1.165) is 11.1 Å². The number of rotatable bonds is 8.